The molecule has 1 heterocycles. The second kappa shape index (κ2) is 4.75. The molecule has 0 fully saturated rings. The Balaban J connectivity index is 2.91. The molecule has 0 atom stereocenters. The highest BCUT2D eigenvalue weighted by atomic mass is 31.2. The van der Waals surface area contributed by atoms with E-state index in [0.717, 1.165) is 0 Å². The van der Waals surface area contributed by atoms with E-state index in [-0.39, 0.29) is 0 Å². The van der Waals surface area contributed by atoms with Crippen molar-refractivity contribution in [2.45, 2.75) is 0 Å². The van der Waals surface area contributed by atoms with Gasteiger partial charge < -0.3 is 4.52 Å². The Morgan fingerprint density at radius 1 is 1.13 bits per heavy atom. The van der Waals surface area contributed by atoms with Crippen molar-refractivity contribution < 1.29 is 9.09 Å². The molecule has 0 aliphatic carbocycles. The zero-order valence-corrected chi connectivity index (χ0v) is 10.3. The number of nitrogens with zero attached hydrogens (tertiary/aromatic N) is 3. The van der Waals surface area contributed by atoms with E-state index >= 15 is 0 Å². The first-order valence-electron chi connectivity index (χ1n) is 4.52. The summed E-state index contributed by atoms with van der Waals surface area (Å²) in [5.74, 6) is 0.552. The van der Waals surface area contributed by atoms with Crippen LogP contribution in [0.15, 0.2) is 24.5 Å². The van der Waals surface area contributed by atoms with Gasteiger partial charge in [-0.3, -0.25) is 4.98 Å². The van der Waals surface area contributed by atoms with Crippen LogP contribution in [0.1, 0.15) is 0 Å². The van der Waals surface area contributed by atoms with E-state index in [2.05, 4.69) is 4.98 Å². The molecule has 0 unspecified atom stereocenters. The van der Waals surface area contributed by atoms with Crippen LogP contribution in [0.5, 0.6) is 5.75 Å². The normalized spacial score (nSPS) is 12.1. The Bertz CT molecular complexity index is 342. The molecule has 1 aromatic rings. The standard InChI is InChI=1S/C9H16N3O2P/c1-11(2)15(13,12(3)4)14-9-5-7-10-8-6-9/h5-8H,1-4H3. The number of aromatic nitrogens is 1. The van der Waals surface area contributed by atoms with Crippen molar-refractivity contribution in [1.29, 1.82) is 0 Å². The lowest BCUT2D eigenvalue weighted by Crippen LogP contribution is -2.24. The summed E-state index contributed by atoms with van der Waals surface area (Å²) in [6, 6.07) is 3.36. The highest BCUT2D eigenvalue weighted by molar-refractivity contribution is 7.54. The Morgan fingerprint density at radius 3 is 2.00 bits per heavy atom. The van der Waals surface area contributed by atoms with Gasteiger partial charge in [-0.15, -0.1) is 0 Å². The van der Waals surface area contributed by atoms with Crippen LogP contribution < -0.4 is 4.52 Å². The SMILES string of the molecule is CN(C)P(=O)(Oc1ccncc1)N(C)C. The van der Waals surface area contributed by atoms with Gasteiger partial charge >= 0.3 is 7.67 Å². The van der Waals surface area contributed by atoms with Crippen LogP contribution in [0.25, 0.3) is 0 Å². The molecule has 0 amide bonds. The second-order valence-electron chi connectivity index (χ2n) is 3.46. The van der Waals surface area contributed by atoms with Gasteiger partial charge in [-0.2, -0.15) is 0 Å². The molecule has 0 bridgehead atoms. The maximum Gasteiger partial charge on any atom is 0.394 e. The van der Waals surface area contributed by atoms with Gasteiger partial charge in [-0.05, 0) is 40.3 Å². The molecule has 5 nitrogen and oxygen atoms in total. The molecule has 0 saturated carbocycles. The van der Waals surface area contributed by atoms with Gasteiger partial charge in [-0.25, -0.2) is 13.9 Å². The molecule has 0 aliphatic heterocycles. The fourth-order valence-electron chi connectivity index (χ4n) is 1.06. The van der Waals surface area contributed by atoms with Gasteiger partial charge in [0.15, 0.2) is 0 Å². The van der Waals surface area contributed by atoms with Crippen molar-refractivity contribution in [3.8, 4) is 5.75 Å². The van der Waals surface area contributed by atoms with Gasteiger partial charge in [0.1, 0.15) is 5.75 Å². The molecule has 0 aromatic carbocycles. The van der Waals surface area contributed by atoms with Crippen molar-refractivity contribution in [1.82, 2.24) is 14.3 Å². The van der Waals surface area contributed by atoms with Gasteiger partial charge in [0.05, 0.1) is 0 Å². The predicted molar refractivity (Wildman–Crippen MR) is 59.8 cm³/mol. The topological polar surface area (TPSA) is 45.7 Å². The van der Waals surface area contributed by atoms with E-state index in [1.807, 2.05) is 0 Å². The first-order valence-corrected chi connectivity index (χ1v) is 6.05. The number of rotatable bonds is 4. The summed E-state index contributed by atoms with van der Waals surface area (Å²) in [7, 11) is 3.95. The number of hydrogen-bond donors (Lipinski definition) is 0. The molecule has 0 N–H and O–H groups in total. The summed E-state index contributed by atoms with van der Waals surface area (Å²) < 4.78 is 21.0. The highest BCUT2D eigenvalue weighted by Gasteiger charge is 2.30. The quantitative estimate of drug-likeness (QED) is 0.735. The van der Waals surface area contributed by atoms with Crippen LogP contribution in [-0.2, 0) is 4.57 Å². The van der Waals surface area contributed by atoms with Crippen LogP contribution in [0, 0.1) is 0 Å². The molecule has 1 rings (SSSR count). The largest absolute Gasteiger partial charge is 0.422 e. The van der Waals surface area contributed by atoms with E-state index < -0.39 is 7.67 Å². The molecule has 6 heteroatoms. The van der Waals surface area contributed by atoms with Crippen molar-refractivity contribution in [3.05, 3.63) is 24.5 Å². The molecule has 1 aromatic heterocycles. The van der Waals surface area contributed by atoms with E-state index in [1.165, 1.54) is 0 Å². The maximum atomic E-state index is 12.4. The van der Waals surface area contributed by atoms with Gasteiger partial charge in [0, 0.05) is 12.4 Å². The molecular weight excluding hydrogens is 213 g/mol. The van der Waals surface area contributed by atoms with Gasteiger partial charge in [-0.1, -0.05) is 0 Å². The van der Waals surface area contributed by atoms with E-state index in [4.69, 9.17) is 4.52 Å². The summed E-state index contributed by atoms with van der Waals surface area (Å²) in [6.45, 7) is 0. The highest BCUT2D eigenvalue weighted by Crippen LogP contribution is 2.50. The smallest absolute Gasteiger partial charge is 0.394 e. The molecule has 0 aliphatic rings. The fourth-order valence-corrected chi connectivity index (χ4v) is 2.50. The minimum absolute atomic E-state index is 0.552. The van der Waals surface area contributed by atoms with Crippen LogP contribution >= 0.6 is 7.67 Å². The lowest BCUT2D eigenvalue weighted by atomic mass is 10.5. The fraction of sp³-hybridized carbons (Fsp3) is 0.444. The van der Waals surface area contributed by atoms with Crippen molar-refractivity contribution >= 4 is 7.67 Å². The Kier molecular flexibility index (Phi) is 3.85. The molecule has 0 saturated heterocycles. The first-order chi connectivity index (χ1) is 6.97. The van der Waals surface area contributed by atoms with Crippen molar-refractivity contribution in [2.75, 3.05) is 28.2 Å². The van der Waals surface area contributed by atoms with Gasteiger partial charge in [0.25, 0.3) is 0 Å². The minimum atomic E-state index is -2.95. The summed E-state index contributed by atoms with van der Waals surface area (Å²) in [5.41, 5.74) is 0. The first kappa shape index (κ1) is 12.2. The zero-order valence-electron chi connectivity index (χ0n) is 9.41. The summed E-state index contributed by atoms with van der Waals surface area (Å²) in [5, 5.41) is 0. The third kappa shape index (κ3) is 2.78. The summed E-state index contributed by atoms with van der Waals surface area (Å²) in [4.78, 5) is 3.87. The number of hydrogen-bond acceptors (Lipinski definition) is 3. The van der Waals surface area contributed by atoms with Crippen molar-refractivity contribution in [2.24, 2.45) is 0 Å². The zero-order chi connectivity index (χ0) is 11.5. The lowest BCUT2D eigenvalue weighted by Gasteiger charge is -2.29. The molecule has 0 radical (unpaired) electrons. The van der Waals surface area contributed by atoms with Crippen molar-refractivity contribution in [3.63, 3.8) is 0 Å². The third-order valence-electron chi connectivity index (χ3n) is 1.89. The molecule has 84 valence electrons. The summed E-state index contributed by atoms with van der Waals surface area (Å²) in [6.07, 6.45) is 3.20. The predicted octanol–water partition coefficient (Wildman–Crippen LogP) is 1.69. The van der Waals surface area contributed by atoms with E-state index in [0.29, 0.717) is 5.75 Å². The van der Waals surface area contributed by atoms with E-state index in [9.17, 15) is 4.57 Å². The van der Waals surface area contributed by atoms with Crippen LogP contribution in [-0.4, -0.2) is 42.5 Å². The number of pyridine rings is 1. The minimum Gasteiger partial charge on any atom is -0.422 e. The Labute approximate surface area is 90.2 Å². The Morgan fingerprint density at radius 2 is 1.60 bits per heavy atom. The van der Waals surface area contributed by atoms with Crippen LogP contribution in [0.3, 0.4) is 0 Å². The van der Waals surface area contributed by atoms with E-state index in [1.54, 1.807) is 62.1 Å². The lowest BCUT2D eigenvalue weighted by molar-refractivity contribution is 0.354. The second-order valence-corrected chi connectivity index (χ2v) is 6.22. The molecular formula is C9H16N3O2P. The van der Waals surface area contributed by atoms with Crippen LogP contribution in [0.2, 0.25) is 0 Å². The molecule has 0 spiro atoms. The average Bonchev–Trinajstić information content (AvgIpc) is 2.18. The third-order valence-corrected chi connectivity index (χ3v) is 4.36. The Hall–Kier alpha value is -0.900. The maximum absolute atomic E-state index is 12.4. The monoisotopic (exact) mass is 229 g/mol. The molecule has 15 heavy (non-hydrogen) atoms. The summed E-state index contributed by atoms with van der Waals surface area (Å²) >= 11 is 0. The van der Waals surface area contributed by atoms with Gasteiger partial charge in [0.2, 0.25) is 0 Å². The van der Waals surface area contributed by atoms with Crippen LogP contribution in [0.4, 0.5) is 0 Å². The average molecular weight is 229 g/mol.